The summed E-state index contributed by atoms with van der Waals surface area (Å²) in [4.78, 5) is 85.9. The van der Waals surface area contributed by atoms with E-state index in [0.29, 0.717) is 11.1 Å². The van der Waals surface area contributed by atoms with Crippen LogP contribution < -0.4 is 0 Å². The molecule has 0 aromatic heterocycles. The summed E-state index contributed by atoms with van der Waals surface area (Å²) in [6.07, 6.45) is -3.39. The van der Waals surface area contributed by atoms with Gasteiger partial charge in [0.05, 0.1) is 57.8 Å². The van der Waals surface area contributed by atoms with Crippen LogP contribution in [0, 0.1) is 60.2 Å². The summed E-state index contributed by atoms with van der Waals surface area (Å²) >= 11 is 0. The van der Waals surface area contributed by atoms with Crippen molar-refractivity contribution in [1.29, 1.82) is 0 Å². The van der Waals surface area contributed by atoms with E-state index in [9.17, 15) is 49.2 Å². The van der Waals surface area contributed by atoms with Crippen molar-refractivity contribution < 1.29 is 49.2 Å². The predicted octanol–water partition coefficient (Wildman–Crippen LogP) is 0.757. The number of carbonyl (C=O) groups excluding carboxylic acids is 6. The fraction of sp³-hybridized carbons (Fsp3) is 0.400. The molecule has 10 unspecified atom stereocenters. The van der Waals surface area contributed by atoms with Gasteiger partial charge in [0.2, 0.25) is 0 Å². The van der Waals surface area contributed by atoms with Gasteiger partial charge in [0.1, 0.15) is 11.5 Å². The van der Waals surface area contributed by atoms with E-state index in [2.05, 4.69) is 0 Å². The van der Waals surface area contributed by atoms with Gasteiger partial charge in [0.15, 0.2) is 34.7 Å². The van der Waals surface area contributed by atoms with Gasteiger partial charge < -0.3 is 20.4 Å². The molecule has 40 heavy (non-hydrogen) atoms. The molecular formula is C30H22O10. The molecule has 202 valence electrons. The molecule has 10 heteroatoms. The minimum absolute atomic E-state index is 0.233. The summed E-state index contributed by atoms with van der Waals surface area (Å²) < 4.78 is 0. The van der Waals surface area contributed by atoms with Gasteiger partial charge in [-0.05, 0) is 49.2 Å². The summed E-state index contributed by atoms with van der Waals surface area (Å²) in [5.74, 6) is -16.3. The van der Waals surface area contributed by atoms with E-state index in [1.165, 1.54) is 24.3 Å². The maximum atomic E-state index is 14.5. The highest BCUT2D eigenvalue weighted by molar-refractivity contribution is 6.33. The lowest BCUT2D eigenvalue weighted by molar-refractivity contribution is -0.164. The van der Waals surface area contributed by atoms with E-state index in [1.54, 1.807) is 13.8 Å². The van der Waals surface area contributed by atoms with Crippen LogP contribution in [0.1, 0.15) is 52.6 Å². The first-order valence-corrected chi connectivity index (χ1v) is 13.1. The van der Waals surface area contributed by atoms with Crippen LogP contribution in [0.3, 0.4) is 0 Å². The molecule has 0 aliphatic heterocycles. The molecule has 4 bridgehead atoms. The van der Waals surface area contributed by atoms with Crippen molar-refractivity contribution in [3.63, 3.8) is 0 Å². The molecule has 2 aromatic rings. The maximum Gasteiger partial charge on any atom is 0.178 e. The van der Waals surface area contributed by atoms with E-state index in [-0.39, 0.29) is 22.3 Å². The van der Waals surface area contributed by atoms with Gasteiger partial charge in [-0.3, -0.25) is 28.8 Å². The molecule has 4 fully saturated rings. The summed E-state index contributed by atoms with van der Waals surface area (Å²) in [6, 6.07) is 5.25. The number of aromatic hydroxyl groups is 2. The number of aliphatic hydroxyl groups is 2. The van der Waals surface area contributed by atoms with Crippen molar-refractivity contribution in [3.8, 4) is 11.5 Å². The molecule has 2 spiro atoms. The first kappa shape index (κ1) is 23.8. The lowest BCUT2D eigenvalue weighted by atomic mass is 9.42. The van der Waals surface area contributed by atoms with Crippen molar-refractivity contribution >= 4 is 34.7 Å². The monoisotopic (exact) mass is 542 g/mol. The zero-order valence-electron chi connectivity index (χ0n) is 21.2. The number of hydrogen-bond acceptors (Lipinski definition) is 10. The fourth-order valence-electron chi connectivity index (χ4n) is 10.1. The van der Waals surface area contributed by atoms with Crippen molar-refractivity contribution in [3.05, 3.63) is 57.6 Å². The van der Waals surface area contributed by atoms with Gasteiger partial charge >= 0.3 is 0 Å². The quantitative estimate of drug-likeness (QED) is 0.347. The van der Waals surface area contributed by atoms with Crippen LogP contribution in [0.25, 0.3) is 0 Å². The highest BCUT2D eigenvalue weighted by Crippen LogP contribution is 2.80. The molecule has 6 aliphatic rings. The Kier molecular flexibility index (Phi) is 3.96. The average Bonchev–Trinajstić information content (AvgIpc) is 3.22. The molecule has 4 N–H and O–H groups in total. The molecule has 0 heterocycles. The van der Waals surface area contributed by atoms with E-state index < -0.39 is 105 Å². The van der Waals surface area contributed by atoms with Gasteiger partial charge in [-0.25, -0.2) is 0 Å². The predicted molar refractivity (Wildman–Crippen MR) is 131 cm³/mol. The number of phenols is 2. The Labute approximate surface area is 225 Å². The third-order valence-corrected chi connectivity index (χ3v) is 10.9. The second-order valence-electron chi connectivity index (χ2n) is 12.3. The number of rotatable bonds is 0. The lowest BCUT2D eigenvalue weighted by Crippen LogP contribution is -2.72. The number of benzene rings is 2. The zero-order valence-corrected chi connectivity index (χ0v) is 21.2. The van der Waals surface area contributed by atoms with Crippen LogP contribution in [-0.4, -0.2) is 67.3 Å². The van der Waals surface area contributed by atoms with E-state index in [0.717, 1.165) is 0 Å². The van der Waals surface area contributed by atoms with E-state index in [1.807, 2.05) is 0 Å². The van der Waals surface area contributed by atoms with Crippen LogP contribution in [0.2, 0.25) is 0 Å². The van der Waals surface area contributed by atoms with Crippen LogP contribution in [0.15, 0.2) is 24.3 Å². The number of hydrogen-bond donors (Lipinski definition) is 4. The molecule has 0 radical (unpaired) electrons. The molecule has 4 saturated carbocycles. The highest BCUT2D eigenvalue weighted by Gasteiger charge is 2.92. The zero-order chi connectivity index (χ0) is 28.5. The van der Waals surface area contributed by atoms with Gasteiger partial charge in [-0.1, -0.05) is 0 Å². The second kappa shape index (κ2) is 6.64. The Morgan fingerprint density at radius 3 is 1.30 bits per heavy atom. The molecule has 10 nitrogen and oxygen atoms in total. The van der Waals surface area contributed by atoms with Crippen LogP contribution in [0.4, 0.5) is 0 Å². The van der Waals surface area contributed by atoms with E-state index in [4.69, 9.17) is 0 Å². The summed E-state index contributed by atoms with van der Waals surface area (Å²) in [5, 5.41) is 44.7. The van der Waals surface area contributed by atoms with Crippen molar-refractivity contribution in [2.45, 2.75) is 26.1 Å². The Hall–Kier alpha value is -4.02. The van der Waals surface area contributed by atoms with Gasteiger partial charge in [0.25, 0.3) is 0 Å². The molecule has 8 rings (SSSR count). The fourth-order valence-corrected chi connectivity index (χ4v) is 10.1. The molecule has 6 aliphatic carbocycles. The number of fused-ring (bicyclic) bond motifs is 4. The minimum atomic E-state index is -2.23. The Morgan fingerprint density at radius 1 is 0.600 bits per heavy atom. The molecule has 2 aromatic carbocycles. The highest BCUT2D eigenvalue weighted by atomic mass is 16.3. The summed E-state index contributed by atoms with van der Waals surface area (Å²) in [5.41, 5.74) is -4.84. The van der Waals surface area contributed by atoms with E-state index >= 15 is 0 Å². The first-order valence-electron chi connectivity index (χ1n) is 13.1. The summed E-state index contributed by atoms with van der Waals surface area (Å²) in [6.45, 7) is 3.15. The Balaban J connectivity index is 1.50. The van der Waals surface area contributed by atoms with Crippen LogP contribution in [-0.2, 0) is 9.59 Å². The van der Waals surface area contributed by atoms with Crippen molar-refractivity contribution in [1.82, 2.24) is 0 Å². The maximum absolute atomic E-state index is 14.5. The summed E-state index contributed by atoms with van der Waals surface area (Å²) in [7, 11) is 0. The number of carbonyl (C=O) groups is 6. The number of aliphatic hydroxyl groups excluding tert-OH is 2. The smallest absolute Gasteiger partial charge is 0.178 e. The van der Waals surface area contributed by atoms with Crippen LogP contribution in [0.5, 0.6) is 11.5 Å². The standard InChI is InChI=1S/C30H22O10/c1-7-3-9-13(11(31)5-7)21(33)17-25(37)20-23(35)15-16-24(36)19(29(15,17)27(9)39)26(38)18-22(34)14-10(28(40)30(16,18)20)4-8(2)6-12(14)32/h3-6,15-20,23-24,31-32,35-36H,1-2H3. The van der Waals surface area contributed by atoms with Crippen LogP contribution >= 0.6 is 0 Å². The second-order valence-corrected chi connectivity index (χ2v) is 12.3. The third kappa shape index (κ3) is 2.00. The topological polar surface area (TPSA) is 183 Å². The van der Waals surface area contributed by atoms with Crippen molar-refractivity contribution in [2.24, 2.45) is 46.3 Å². The SMILES string of the molecule is Cc1cc(O)c2c(c1)C(=O)C13C(C2=O)C(=O)C2C(O)C1C1C(O)C3C(=O)C3C(=O)c4c(O)cc(C)cc4C(=O)C321. The van der Waals surface area contributed by atoms with Gasteiger partial charge in [-0.15, -0.1) is 0 Å². The lowest BCUT2D eigenvalue weighted by Gasteiger charge is -2.56. The molecule has 10 atom stereocenters. The number of Topliss-reactive ketones (excluding diaryl/α,β-unsaturated/α-hetero) is 6. The normalized spacial score (nSPS) is 41.7. The first-order chi connectivity index (χ1) is 18.8. The molecule has 0 saturated heterocycles. The van der Waals surface area contributed by atoms with Gasteiger partial charge in [-0.2, -0.15) is 0 Å². The van der Waals surface area contributed by atoms with Crippen molar-refractivity contribution in [2.75, 3.05) is 0 Å². The molecular weight excluding hydrogens is 520 g/mol. The molecule has 0 amide bonds. The number of aryl methyl sites for hydroxylation is 2. The Morgan fingerprint density at radius 2 is 0.950 bits per heavy atom. The number of phenolic OH excluding ortho intramolecular Hbond substituents is 2. The Bertz CT molecular complexity index is 1630. The largest absolute Gasteiger partial charge is 0.507 e. The number of ketones is 6. The van der Waals surface area contributed by atoms with Gasteiger partial charge in [0, 0.05) is 23.0 Å². The average molecular weight is 542 g/mol. The third-order valence-electron chi connectivity index (χ3n) is 10.9. The minimum Gasteiger partial charge on any atom is -0.507 e.